The monoisotopic (exact) mass is 493 g/mol. The molecule has 0 atom stereocenters. The fourth-order valence-electron chi connectivity index (χ4n) is 4.69. The predicted molar refractivity (Wildman–Crippen MR) is 146 cm³/mol. The summed E-state index contributed by atoms with van der Waals surface area (Å²) in [6, 6.07) is 17.7. The number of nitrogens with one attached hydrogen (secondary N) is 2. The quantitative estimate of drug-likeness (QED) is 0.346. The van der Waals surface area contributed by atoms with E-state index in [0.29, 0.717) is 11.3 Å². The Morgan fingerprint density at radius 1 is 1.05 bits per heavy atom. The van der Waals surface area contributed by atoms with Crippen LogP contribution >= 0.6 is 0 Å². The fourth-order valence-corrected chi connectivity index (χ4v) is 4.69. The molecule has 1 saturated heterocycles. The molecule has 0 bridgehead atoms. The van der Waals surface area contributed by atoms with Crippen LogP contribution in [-0.4, -0.2) is 45.5 Å². The van der Waals surface area contributed by atoms with Crippen molar-refractivity contribution in [2.75, 3.05) is 35.2 Å². The lowest BCUT2D eigenvalue weighted by atomic mass is 10.1. The number of aryl methyl sites for hydroxylation is 1. The van der Waals surface area contributed by atoms with Crippen LogP contribution in [0.5, 0.6) is 0 Å². The van der Waals surface area contributed by atoms with E-state index < -0.39 is 0 Å². The highest BCUT2D eigenvalue weighted by Crippen LogP contribution is 2.29. The lowest BCUT2D eigenvalue weighted by Crippen LogP contribution is -2.19. The molecule has 4 aromatic rings. The molecule has 2 fully saturated rings. The summed E-state index contributed by atoms with van der Waals surface area (Å²) in [6.45, 7) is 5.09. The second-order valence-electron chi connectivity index (χ2n) is 10.0. The molecule has 6 rings (SSSR count). The summed E-state index contributed by atoms with van der Waals surface area (Å²) in [4.78, 5) is 19.9. The first-order valence-electron chi connectivity index (χ1n) is 13.0. The Morgan fingerprint density at radius 2 is 1.92 bits per heavy atom. The third-order valence-electron chi connectivity index (χ3n) is 7.11. The molecule has 2 aromatic carbocycles. The summed E-state index contributed by atoms with van der Waals surface area (Å²) in [5, 5.41) is 15.1. The average Bonchev–Trinajstić information content (AvgIpc) is 3.37. The van der Waals surface area contributed by atoms with Crippen molar-refractivity contribution in [2.24, 2.45) is 5.92 Å². The lowest BCUT2D eigenvalue weighted by Gasteiger charge is -2.18. The van der Waals surface area contributed by atoms with Crippen LogP contribution in [0, 0.1) is 12.8 Å². The van der Waals surface area contributed by atoms with Gasteiger partial charge in [-0.3, -0.25) is 4.79 Å². The molecule has 2 aliphatic rings. The summed E-state index contributed by atoms with van der Waals surface area (Å²) in [5.41, 5.74) is 6.00. The largest absolute Gasteiger partial charge is 0.372 e. The number of rotatable bonds is 8. The molecule has 0 unspecified atom stereocenters. The molecule has 2 N–H and O–H groups in total. The molecule has 8 heteroatoms. The van der Waals surface area contributed by atoms with Gasteiger partial charge >= 0.3 is 0 Å². The van der Waals surface area contributed by atoms with Gasteiger partial charge in [0.2, 0.25) is 0 Å². The maximum Gasteiger partial charge on any atom is 0.255 e. The number of carbonyl (C=O) groups excluding carboxylic acids is 1. The molecule has 8 nitrogen and oxygen atoms in total. The SMILES string of the molecule is Cc1ccc(NC(=O)c2cccc(N3CCCC3)c2)cc1-n1cc(-c2ccc(NCC3CC3)nc2)nn1. The highest BCUT2D eigenvalue weighted by molar-refractivity contribution is 6.05. The number of amides is 1. The first kappa shape index (κ1) is 23.2. The molecule has 3 heterocycles. The van der Waals surface area contributed by atoms with E-state index in [1.54, 1.807) is 4.68 Å². The van der Waals surface area contributed by atoms with Gasteiger partial charge < -0.3 is 15.5 Å². The minimum absolute atomic E-state index is 0.128. The Balaban J connectivity index is 1.16. The van der Waals surface area contributed by atoms with Crippen molar-refractivity contribution >= 4 is 23.1 Å². The van der Waals surface area contributed by atoms with E-state index in [0.717, 1.165) is 59.6 Å². The summed E-state index contributed by atoms with van der Waals surface area (Å²) in [6.07, 6.45) is 8.73. The van der Waals surface area contributed by atoms with Gasteiger partial charge in [0.25, 0.3) is 5.91 Å². The van der Waals surface area contributed by atoms with Crippen LogP contribution in [0.15, 0.2) is 67.0 Å². The molecule has 2 aromatic heterocycles. The molecule has 1 amide bonds. The Labute approximate surface area is 216 Å². The van der Waals surface area contributed by atoms with Gasteiger partial charge in [-0.1, -0.05) is 17.3 Å². The average molecular weight is 494 g/mol. The van der Waals surface area contributed by atoms with Crippen LogP contribution in [0.4, 0.5) is 17.2 Å². The first-order chi connectivity index (χ1) is 18.1. The van der Waals surface area contributed by atoms with Crippen LogP contribution in [0.1, 0.15) is 41.6 Å². The predicted octanol–water partition coefficient (Wildman–Crippen LogP) is 5.31. The van der Waals surface area contributed by atoms with Crippen molar-refractivity contribution in [3.8, 4) is 16.9 Å². The van der Waals surface area contributed by atoms with Gasteiger partial charge in [0.05, 0.1) is 11.9 Å². The van der Waals surface area contributed by atoms with Gasteiger partial charge in [-0.15, -0.1) is 5.10 Å². The van der Waals surface area contributed by atoms with Crippen LogP contribution < -0.4 is 15.5 Å². The van der Waals surface area contributed by atoms with Crippen molar-refractivity contribution in [2.45, 2.75) is 32.6 Å². The van der Waals surface area contributed by atoms with Gasteiger partial charge in [0.15, 0.2) is 0 Å². The van der Waals surface area contributed by atoms with E-state index in [4.69, 9.17) is 0 Å². The zero-order valence-corrected chi connectivity index (χ0v) is 21.0. The molecular weight excluding hydrogens is 462 g/mol. The van der Waals surface area contributed by atoms with E-state index in [-0.39, 0.29) is 5.91 Å². The Bertz CT molecular complexity index is 1400. The molecular formula is C29H31N7O. The number of pyridine rings is 1. The molecule has 1 aliphatic carbocycles. The number of carbonyl (C=O) groups is 1. The van der Waals surface area contributed by atoms with Gasteiger partial charge in [-0.25, -0.2) is 9.67 Å². The fraction of sp³-hybridized carbons (Fsp3) is 0.310. The highest BCUT2D eigenvalue weighted by atomic mass is 16.1. The molecule has 0 spiro atoms. The molecule has 1 saturated carbocycles. The van der Waals surface area contributed by atoms with Gasteiger partial charge in [0, 0.05) is 48.3 Å². The summed E-state index contributed by atoms with van der Waals surface area (Å²) >= 11 is 0. The number of benzene rings is 2. The summed E-state index contributed by atoms with van der Waals surface area (Å²) < 4.78 is 1.74. The maximum atomic E-state index is 13.0. The molecule has 37 heavy (non-hydrogen) atoms. The number of hydrogen-bond acceptors (Lipinski definition) is 6. The highest BCUT2D eigenvalue weighted by Gasteiger charge is 2.20. The standard InChI is InChI=1S/C29H31N7O/c1-20-7-11-24(32-29(37)22-5-4-6-25(15-22)35-13-2-3-14-35)16-27(20)36-19-26(33-34-36)23-10-12-28(31-18-23)30-17-21-8-9-21/h4-7,10-12,15-16,18-19,21H,2-3,8-9,13-14,17H2,1H3,(H,30,31)(H,32,37). The van der Waals surface area contributed by atoms with E-state index in [9.17, 15) is 4.79 Å². The van der Waals surface area contributed by atoms with Crippen LogP contribution in [-0.2, 0) is 0 Å². The second-order valence-corrected chi connectivity index (χ2v) is 10.0. The van der Waals surface area contributed by atoms with Gasteiger partial charge in [-0.2, -0.15) is 0 Å². The van der Waals surface area contributed by atoms with Gasteiger partial charge in [0.1, 0.15) is 11.5 Å². The smallest absolute Gasteiger partial charge is 0.255 e. The summed E-state index contributed by atoms with van der Waals surface area (Å²) in [7, 11) is 0. The van der Waals surface area contributed by atoms with Crippen molar-refractivity contribution in [3.63, 3.8) is 0 Å². The number of hydrogen-bond donors (Lipinski definition) is 2. The van der Waals surface area contributed by atoms with E-state index in [1.807, 2.05) is 67.8 Å². The lowest BCUT2D eigenvalue weighted by molar-refractivity contribution is 0.102. The third kappa shape index (κ3) is 5.33. The van der Waals surface area contributed by atoms with Crippen molar-refractivity contribution in [1.82, 2.24) is 20.0 Å². The normalized spacial score (nSPS) is 15.1. The van der Waals surface area contributed by atoms with Gasteiger partial charge in [-0.05, 0) is 86.6 Å². The Hall–Kier alpha value is -4.20. The van der Waals surface area contributed by atoms with E-state index >= 15 is 0 Å². The number of aromatic nitrogens is 4. The van der Waals surface area contributed by atoms with Crippen LogP contribution in [0.2, 0.25) is 0 Å². The minimum atomic E-state index is -0.128. The Morgan fingerprint density at radius 3 is 2.70 bits per heavy atom. The molecule has 1 aliphatic heterocycles. The van der Waals surface area contributed by atoms with Crippen LogP contribution in [0.3, 0.4) is 0 Å². The second kappa shape index (κ2) is 10.0. The van der Waals surface area contributed by atoms with Crippen molar-refractivity contribution in [3.05, 3.63) is 78.1 Å². The van der Waals surface area contributed by atoms with Crippen molar-refractivity contribution in [1.29, 1.82) is 0 Å². The minimum Gasteiger partial charge on any atom is -0.372 e. The Kier molecular flexibility index (Phi) is 6.30. The van der Waals surface area contributed by atoms with Crippen LogP contribution in [0.25, 0.3) is 16.9 Å². The van der Waals surface area contributed by atoms with E-state index in [2.05, 4.69) is 36.9 Å². The number of nitrogens with zero attached hydrogens (tertiary/aromatic N) is 5. The third-order valence-corrected chi connectivity index (χ3v) is 7.11. The topological polar surface area (TPSA) is 88.0 Å². The first-order valence-corrected chi connectivity index (χ1v) is 13.0. The zero-order valence-electron chi connectivity index (χ0n) is 21.0. The zero-order chi connectivity index (χ0) is 25.2. The van der Waals surface area contributed by atoms with Crippen molar-refractivity contribution < 1.29 is 4.79 Å². The maximum absolute atomic E-state index is 13.0. The number of anilines is 3. The van der Waals surface area contributed by atoms with E-state index in [1.165, 1.54) is 25.7 Å². The molecule has 0 radical (unpaired) electrons. The summed E-state index contributed by atoms with van der Waals surface area (Å²) in [5.74, 6) is 1.55. The molecule has 188 valence electrons.